The summed E-state index contributed by atoms with van der Waals surface area (Å²) in [6, 6.07) is 7.84. The maximum absolute atomic E-state index is 11.5. The highest BCUT2D eigenvalue weighted by Gasteiger charge is 2.40. The summed E-state index contributed by atoms with van der Waals surface area (Å²) in [5, 5.41) is 6.55. The average molecular weight is 224 g/mol. The molecular weight excluding hydrogens is 212 g/mol. The van der Waals surface area contributed by atoms with E-state index in [9.17, 15) is 8.42 Å². The van der Waals surface area contributed by atoms with Gasteiger partial charge in [-0.15, -0.1) is 0 Å². The lowest BCUT2D eigenvalue weighted by atomic mass is 10.1. The fourth-order valence-electron chi connectivity index (χ4n) is 2.27. The van der Waals surface area contributed by atoms with Crippen molar-refractivity contribution < 1.29 is 8.42 Å². The molecule has 1 aromatic carbocycles. The summed E-state index contributed by atoms with van der Waals surface area (Å²) in [4.78, 5) is 0. The van der Waals surface area contributed by atoms with E-state index in [4.69, 9.17) is 0 Å². The highest BCUT2D eigenvalue weighted by Crippen LogP contribution is 2.31. The second-order valence-corrected chi connectivity index (χ2v) is 6.28. The van der Waals surface area contributed by atoms with Crippen LogP contribution in [0.2, 0.25) is 0 Å². The molecule has 1 saturated heterocycles. The molecule has 2 aliphatic heterocycles. The number of rotatable bonds is 0. The molecule has 1 aromatic rings. The number of fused-ring (bicyclic) bond motifs is 2. The molecule has 0 aliphatic carbocycles. The molecule has 15 heavy (non-hydrogen) atoms. The van der Waals surface area contributed by atoms with Gasteiger partial charge in [-0.25, -0.2) is 8.42 Å². The number of sulfone groups is 1. The third-order valence-corrected chi connectivity index (χ3v) is 4.70. The van der Waals surface area contributed by atoms with E-state index in [1.807, 2.05) is 24.3 Å². The van der Waals surface area contributed by atoms with Crippen LogP contribution in [0.4, 0.5) is 11.4 Å². The number of hydrogen-bond donors (Lipinski definition) is 2. The summed E-state index contributed by atoms with van der Waals surface area (Å²) in [5.41, 5.74) is 1.99. The Bertz CT molecular complexity index is 459. The van der Waals surface area contributed by atoms with Crippen LogP contribution in [0.1, 0.15) is 0 Å². The van der Waals surface area contributed by atoms with E-state index in [-0.39, 0.29) is 23.6 Å². The van der Waals surface area contributed by atoms with Crippen molar-refractivity contribution in [1.29, 1.82) is 0 Å². The molecule has 0 unspecified atom stereocenters. The van der Waals surface area contributed by atoms with Crippen LogP contribution < -0.4 is 10.6 Å². The van der Waals surface area contributed by atoms with Gasteiger partial charge in [0, 0.05) is 0 Å². The van der Waals surface area contributed by atoms with Gasteiger partial charge >= 0.3 is 0 Å². The Morgan fingerprint density at radius 3 is 1.93 bits per heavy atom. The Morgan fingerprint density at radius 2 is 1.47 bits per heavy atom. The molecule has 4 nitrogen and oxygen atoms in total. The quantitative estimate of drug-likeness (QED) is 0.680. The number of nitrogens with one attached hydrogen (secondary N) is 2. The topological polar surface area (TPSA) is 58.2 Å². The molecule has 5 heteroatoms. The zero-order chi connectivity index (χ0) is 10.5. The smallest absolute Gasteiger partial charge is 0.154 e. The van der Waals surface area contributed by atoms with Crippen LogP contribution in [0.5, 0.6) is 0 Å². The molecule has 1 fully saturated rings. The first kappa shape index (κ1) is 9.03. The minimum Gasteiger partial charge on any atom is -0.378 e. The molecule has 2 heterocycles. The normalized spacial score (nSPS) is 30.9. The summed E-state index contributed by atoms with van der Waals surface area (Å²) in [6.07, 6.45) is 0. The molecule has 0 spiro atoms. The molecule has 0 radical (unpaired) electrons. The third-order valence-electron chi connectivity index (χ3n) is 2.96. The summed E-state index contributed by atoms with van der Waals surface area (Å²) >= 11 is 0. The van der Waals surface area contributed by atoms with Gasteiger partial charge in [-0.05, 0) is 12.1 Å². The highest BCUT2D eigenvalue weighted by atomic mass is 32.2. The van der Waals surface area contributed by atoms with Crippen LogP contribution in [0.3, 0.4) is 0 Å². The molecule has 2 aliphatic rings. The summed E-state index contributed by atoms with van der Waals surface area (Å²) in [7, 11) is -2.87. The largest absolute Gasteiger partial charge is 0.378 e. The molecule has 3 rings (SSSR count). The van der Waals surface area contributed by atoms with Crippen molar-refractivity contribution >= 4 is 21.2 Å². The second kappa shape index (κ2) is 2.88. The first-order valence-corrected chi connectivity index (χ1v) is 6.79. The number of para-hydroxylation sites is 2. The van der Waals surface area contributed by atoms with Crippen LogP contribution in [0.15, 0.2) is 24.3 Å². The lowest BCUT2D eigenvalue weighted by molar-refractivity contribution is 0.601. The molecular formula is C10H12N2O2S. The Balaban J connectivity index is 1.97. The third kappa shape index (κ3) is 1.47. The van der Waals surface area contributed by atoms with Crippen molar-refractivity contribution in [3.05, 3.63) is 24.3 Å². The molecule has 0 amide bonds. The van der Waals surface area contributed by atoms with Gasteiger partial charge in [0.05, 0.1) is 35.0 Å². The predicted molar refractivity (Wildman–Crippen MR) is 59.9 cm³/mol. The molecule has 80 valence electrons. The maximum atomic E-state index is 11.5. The van der Waals surface area contributed by atoms with Gasteiger partial charge in [0.15, 0.2) is 9.84 Å². The molecule has 2 N–H and O–H groups in total. The van der Waals surface area contributed by atoms with Crippen LogP contribution >= 0.6 is 0 Å². The van der Waals surface area contributed by atoms with Gasteiger partial charge in [-0.2, -0.15) is 0 Å². The zero-order valence-corrected chi connectivity index (χ0v) is 8.92. The Morgan fingerprint density at radius 1 is 1.00 bits per heavy atom. The predicted octanol–water partition coefficient (Wildman–Crippen LogP) is 0.690. The van der Waals surface area contributed by atoms with Crippen LogP contribution in [-0.4, -0.2) is 32.0 Å². The number of anilines is 2. The minimum absolute atomic E-state index is 0.0184. The van der Waals surface area contributed by atoms with Crippen molar-refractivity contribution in [3.63, 3.8) is 0 Å². The summed E-state index contributed by atoms with van der Waals surface area (Å²) in [6.45, 7) is 0. The van der Waals surface area contributed by atoms with E-state index >= 15 is 0 Å². The van der Waals surface area contributed by atoms with E-state index in [0.29, 0.717) is 0 Å². The van der Waals surface area contributed by atoms with Gasteiger partial charge in [0.25, 0.3) is 0 Å². The van der Waals surface area contributed by atoms with Gasteiger partial charge in [0.2, 0.25) is 0 Å². The van der Waals surface area contributed by atoms with E-state index in [2.05, 4.69) is 10.6 Å². The van der Waals surface area contributed by atoms with Gasteiger partial charge in [0.1, 0.15) is 0 Å². The van der Waals surface area contributed by atoms with Crippen molar-refractivity contribution in [2.24, 2.45) is 0 Å². The highest BCUT2D eigenvalue weighted by molar-refractivity contribution is 7.91. The lowest BCUT2D eigenvalue weighted by Crippen LogP contribution is -2.41. The van der Waals surface area contributed by atoms with Crippen LogP contribution in [0.25, 0.3) is 0 Å². The first-order chi connectivity index (χ1) is 7.14. The lowest BCUT2D eigenvalue weighted by Gasteiger charge is -2.30. The monoisotopic (exact) mass is 224 g/mol. The van der Waals surface area contributed by atoms with Crippen molar-refractivity contribution in [2.45, 2.75) is 12.1 Å². The molecule has 0 aromatic heterocycles. The zero-order valence-electron chi connectivity index (χ0n) is 8.10. The van der Waals surface area contributed by atoms with Crippen molar-refractivity contribution in [1.82, 2.24) is 0 Å². The van der Waals surface area contributed by atoms with E-state index in [0.717, 1.165) is 11.4 Å². The molecule has 0 saturated carbocycles. The van der Waals surface area contributed by atoms with Crippen molar-refractivity contribution in [2.75, 3.05) is 22.1 Å². The molecule has 2 atom stereocenters. The number of hydrogen-bond acceptors (Lipinski definition) is 4. The van der Waals surface area contributed by atoms with Crippen LogP contribution in [0, 0.1) is 0 Å². The van der Waals surface area contributed by atoms with Crippen LogP contribution in [-0.2, 0) is 9.84 Å². The minimum atomic E-state index is -2.87. The van der Waals surface area contributed by atoms with E-state index < -0.39 is 9.84 Å². The van der Waals surface area contributed by atoms with Gasteiger partial charge < -0.3 is 10.6 Å². The Kier molecular flexibility index (Phi) is 1.74. The SMILES string of the molecule is O=S1(=O)C[C@@H]2Nc3ccccc3N[C@@H]2C1. The fourth-order valence-corrected chi connectivity index (χ4v) is 4.13. The molecule has 0 bridgehead atoms. The number of benzene rings is 1. The fraction of sp³-hybridized carbons (Fsp3) is 0.400. The maximum Gasteiger partial charge on any atom is 0.154 e. The Hall–Kier alpha value is -1.23. The first-order valence-electron chi connectivity index (χ1n) is 4.97. The second-order valence-electron chi connectivity index (χ2n) is 4.12. The summed E-state index contributed by atoms with van der Waals surface area (Å²) in [5.74, 6) is 0.470. The summed E-state index contributed by atoms with van der Waals surface area (Å²) < 4.78 is 22.9. The Labute approximate surface area is 88.6 Å². The van der Waals surface area contributed by atoms with Crippen molar-refractivity contribution in [3.8, 4) is 0 Å². The van der Waals surface area contributed by atoms with Gasteiger partial charge in [-0.1, -0.05) is 12.1 Å². The average Bonchev–Trinajstić information content (AvgIpc) is 2.46. The standard InChI is InChI=1S/C10H12N2O2S/c13-15(14)5-9-10(6-15)12-8-4-2-1-3-7(8)11-9/h1-4,9-12H,5-6H2/t9-,10+. The van der Waals surface area contributed by atoms with E-state index in [1.54, 1.807) is 0 Å². The van der Waals surface area contributed by atoms with E-state index in [1.165, 1.54) is 0 Å². The van der Waals surface area contributed by atoms with Gasteiger partial charge in [-0.3, -0.25) is 0 Å².